The van der Waals surface area contributed by atoms with E-state index in [0.717, 1.165) is 41.9 Å². The van der Waals surface area contributed by atoms with Gasteiger partial charge in [0, 0.05) is 16.7 Å². The number of H-pyrrole nitrogens is 1. The van der Waals surface area contributed by atoms with E-state index in [2.05, 4.69) is 20.0 Å². The Hall–Kier alpha value is -2.92. The van der Waals surface area contributed by atoms with Crippen LogP contribution in [0, 0.1) is 5.92 Å². The number of hydrogen-bond donors (Lipinski definition) is 3. The summed E-state index contributed by atoms with van der Waals surface area (Å²) in [6, 6.07) is 3.00. The number of ether oxygens (including phenoxy) is 1. The third-order valence-corrected chi connectivity index (χ3v) is 7.59. The summed E-state index contributed by atoms with van der Waals surface area (Å²) in [5.74, 6) is -0.914. The predicted octanol–water partition coefficient (Wildman–Crippen LogP) is 3.93. The molecule has 0 bridgehead atoms. The molecule has 3 aromatic rings. The van der Waals surface area contributed by atoms with Gasteiger partial charge in [0.1, 0.15) is 6.04 Å². The lowest BCUT2D eigenvalue weighted by molar-refractivity contribution is -0.120. The van der Waals surface area contributed by atoms with Crippen molar-refractivity contribution in [3.8, 4) is 5.88 Å². The van der Waals surface area contributed by atoms with Crippen molar-refractivity contribution in [2.45, 2.75) is 51.0 Å². The number of rotatable bonds is 8. The first-order valence-electron chi connectivity index (χ1n) is 10.9. The van der Waals surface area contributed by atoms with Crippen LogP contribution in [0.25, 0.3) is 0 Å². The highest BCUT2D eigenvalue weighted by atomic mass is 32.1. The molecule has 0 radical (unpaired) electrons. The van der Waals surface area contributed by atoms with E-state index in [-0.39, 0.29) is 16.7 Å². The number of thiophene rings is 1. The monoisotopic (exact) mass is 490 g/mol. The van der Waals surface area contributed by atoms with Crippen LogP contribution >= 0.6 is 22.7 Å². The summed E-state index contributed by atoms with van der Waals surface area (Å²) in [5, 5.41) is 16.9. The summed E-state index contributed by atoms with van der Waals surface area (Å²) in [6.07, 6.45) is 6.19. The van der Waals surface area contributed by atoms with Crippen LogP contribution in [0.3, 0.4) is 0 Å². The maximum Gasteiger partial charge on any atom is 0.357 e. The van der Waals surface area contributed by atoms with Gasteiger partial charge in [-0.2, -0.15) is 0 Å². The van der Waals surface area contributed by atoms with Crippen molar-refractivity contribution in [1.29, 1.82) is 0 Å². The number of carbonyl (C=O) groups is 2. The number of imidazole rings is 1. The third kappa shape index (κ3) is 5.36. The zero-order valence-corrected chi connectivity index (χ0v) is 19.8. The fourth-order valence-electron chi connectivity index (χ4n) is 4.33. The predicted molar refractivity (Wildman–Crippen MR) is 126 cm³/mol. The van der Waals surface area contributed by atoms with E-state index in [1.54, 1.807) is 0 Å². The molecule has 0 unspecified atom stereocenters. The standard InChI is InChI=1S/C22H26N4O5S2/c1-31-20(29)15-12-33-21(23-15)24-18(27)16(10-13-6-3-2-4-7-13)26-17(19(28)25-22(26)30)11-14-8-5-9-32-14/h5,8-9,12-13,16,28H,2-4,6-7,10-11H2,1H3,(H,25,30)(H,23,24,27)/t16-/m0/s1. The van der Waals surface area contributed by atoms with E-state index in [0.29, 0.717) is 24.5 Å². The molecule has 11 heteroatoms. The molecule has 9 nitrogen and oxygen atoms in total. The summed E-state index contributed by atoms with van der Waals surface area (Å²) in [6.45, 7) is 0. The van der Waals surface area contributed by atoms with Crippen LogP contribution in [0.1, 0.15) is 65.6 Å². The van der Waals surface area contributed by atoms with Gasteiger partial charge >= 0.3 is 11.7 Å². The molecule has 3 heterocycles. The highest BCUT2D eigenvalue weighted by molar-refractivity contribution is 7.14. The van der Waals surface area contributed by atoms with Crippen LogP contribution in [0.5, 0.6) is 5.88 Å². The Morgan fingerprint density at radius 2 is 2.12 bits per heavy atom. The number of amides is 1. The van der Waals surface area contributed by atoms with Crippen molar-refractivity contribution in [2.24, 2.45) is 5.92 Å². The number of anilines is 1. The first-order valence-corrected chi connectivity index (χ1v) is 12.6. The van der Waals surface area contributed by atoms with Crippen molar-refractivity contribution in [2.75, 3.05) is 12.4 Å². The van der Waals surface area contributed by atoms with E-state index >= 15 is 0 Å². The Morgan fingerprint density at radius 1 is 1.33 bits per heavy atom. The maximum absolute atomic E-state index is 13.4. The maximum atomic E-state index is 13.4. The van der Waals surface area contributed by atoms with Crippen LogP contribution < -0.4 is 11.0 Å². The molecule has 0 spiro atoms. The molecule has 33 heavy (non-hydrogen) atoms. The molecule has 3 aromatic heterocycles. The first kappa shape index (κ1) is 23.2. The second kappa shape index (κ2) is 10.3. The van der Waals surface area contributed by atoms with Gasteiger partial charge < -0.3 is 15.2 Å². The number of hydrogen-bond acceptors (Lipinski definition) is 8. The van der Waals surface area contributed by atoms with E-state index in [4.69, 9.17) is 0 Å². The lowest BCUT2D eigenvalue weighted by Gasteiger charge is -2.27. The molecule has 1 amide bonds. The minimum absolute atomic E-state index is 0.108. The van der Waals surface area contributed by atoms with E-state index in [1.807, 2.05) is 17.5 Å². The Morgan fingerprint density at radius 3 is 2.82 bits per heavy atom. The first-order chi connectivity index (χ1) is 16.0. The average Bonchev–Trinajstić information content (AvgIpc) is 3.55. The Kier molecular flexibility index (Phi) is 7.29. The van der Waals surface area contributed by atoms with Crippen molar-refractivity contribution in [1.82, 2.24) is 14.5 Å². The van der Waals surface area contributed by atoms with Gasteiger partial charge in [0.25, 0.3) is 0 Å². The van der Waals surface area contributed by atoms with Crippen LogP contribution in [-0.4, -0.2) is 38.6 Å². The molecule has 0 aliphatic heterocycles. The van der Waals surface area contributed by atoms with Crippen LogP contribution in [0.15, 0.2) is 27.7 Å². The molecule has 1 atom stereocenters. The largest absolute Gasteiger partial charge is 0.493 e. The summed E-state index contributed by atoms with van der Waals surface area (Å²) in [4.78, 5) is 45.6. The normalized spacial score (nSPS) is 15.3. The minimum atomic E-state index is -0.821. The van der Waals surface area contributed by atoms with Crippen molar-refractivity contribution in [3.05, 3.63) is 49.6 Å². The average molecular weight is 491 g/mol. The van der Waals surface area contributed by atoms with Gasteiger partial charge in [-0.05, 0) is 23.8 Å². The molecular weight excluding hydrogens is 464 g/mol. The molecule has 1 aliphatic rings. The van der Waals surface area contributed by atoms with Crippen LogP contribution in [0.2, 0.25) is 0 Å². The second-order valence-electron chi connectivity index (χ2n) is 8.13. The number of esters is 1. The van der Waals surface area contributed by atoms with Crippen LogP contribution in [-0.2, 0) is 16.0 Å². The van der Waals surface area contributed by atoms with Gasteiger partial charge in [-0.3, -0.25) is 14.3 Å². The zero-order valence-electron chi connectivity index (χ0n) is 18.2. The number of aromatic nitrogens is 3. The Balaban J connectivity index is 1.65. The van der Waals surface area contributed by atoms with Gasteiger partial charge in [0.15, 0.2) is 10.8 Å². The zero-order chi connectivity index (χ0) is 23.4. The highest BCUT2D eigenvalue weighted by Gasteiger charge is 2.31. The fraction of sp³-hybridized carbons (Fsp3) is 0.455. The van der Waals surface area contributed by atoms with Gasteiger partial charge in [0.2, 0.25) is 11.8 Å². The van der Waals surface area contributed by atoms with Crippen molar-refractivity contribution in [3.63, 3.8) is 0 Å². The van der Waals surface area contributed by atoms with E-state index in [9.17, 15) is 19.5 Å². The molecule has 4 rings (SSSR count). The number of methoxy groups -OCH3 is 1. The molecule has 1 saturated carbocycles. The van der Waals surface area contributed by atoms with Gasteiger partial charge in [-0.1, -0.05) is 38.2 Å². The number of aromatic amines is 1. The highest BCUT2D eigenvalue weighted by Crippen LogP contribution is 2.33. The Bertz CT molecular complexity index is 1160. The SMILES string of the molecule is COC(=O)c1csc(NC(=O)[C@H](CC2CCCCC2)n2c(Cc3cccs3)c(O)[nH]c2=O)n1. The molecule has 0 aromatic carbocycles. The third-order valence-electron chi connectivity index (χ3n) is 5.95. The van der Waals surface area contributed by atoms with E-state index in [1.165, 1.54) is 34.8 Å². The number of carbonyl (C=O) groups excluding carboxylic acids is 2. The quantitative estimate of drug-likeness (QED) is 0.411. The number of aromatic hydroxyl groups is 1. The molecule has 1 aliphatic carbocycles. The van der Waals surface area contributed by atoms with Crippen LogP contribution in [0.4, 0.5) is 5.13 Å². The van der Waals surface area contributed by atoms with Crippen molar-refractivity contribution < 1.29 is 19.4 Å². The molecule has 3 N–H and O–H groups in total. The fourth-order valence-corrected chi connectivity index (χ4v) is 5.73. The molecular formula is C22H26N4O5S2. The molecule has 1 fully saturated rings. The smallest absolute Gasteiger partial charge is 0.357 e. The topological polar surface area (TPSA) is 126 Å². The summed E-state index contributed by atoms with van der Waals surface area (Å²) < 4.78 is 6.05. The molecule has 176 valence electrons. The number of nitrogens with zero attached hydrogens (tertiary/aromatic N) is 2. The summed E-state index contributed by atoms with van der Waals surface area (Å²) in [7, 11) is 1.26. The number of nitrogens with one attached hydrogen (secondary N) is 2. The van der Waals surface area contributed by atoms with Gasteiger partial charge in [-0.25, -0.2) is 14.6 Å². The summed E-state index contributed by atoms with van der Waals surface area (Å²) >= 11 is 2.63. The summed E-state index contributed by atoms with van der Waals surface area (Å²) in [5.41, 5.74) is -0.0336. The van der Waals surface area contributed by atoms with Gasteiger partial charge in [-0.15, -0.1) is 22.7 Å². The molecule has 0 saturated heterocycles. The lowest BCUT2D eigenvalue weighted by atomic mass is 9.84. The van der Waals surface area contributed by atoms with Crippen molar-refractivity contribution >= 4 is 39.7 Å². The second-order valence-corrected chi connectivity index (χ2v) is 10.0. The minimum Gasteiger partial charge on any atom is -0.493 e. The Labute approximate surface area is 198 Å². The van der Waals surface area contributed by atoms with Gasteiger partial charge in [0.05, 0.1) is 12.8 Å². The van der Waals surface area contributed by atoms with E-state index < -0.39 is 23.6 Å². The number of thiazole rings is 1. The lowest BCUT2D eigenvalue weighted by Crippen LogP contribution is -2.35.